The number of carbonyl (C=O) groups excluding carboxylic acids is 1. The van der Waals surface area contributed by atoms with E-state index in [1.165, 1.54) is 0 Å². The average Bonchev–Trinajstić information content (AvgIpc) is 3.17. The van der Waals surface area contributed by atoms with Gasteiger partial charge < -0.3 is 9.84 Å². The van der Waals surface area contributed by atoms with E-state index in [1.54, 1.807) is 11.0 Å². The Kier molecular flexibility index (Phi) is 5.11. The van der Waals surface area contributed by atoms with Gasteiger partial charge in [-0.3, -0.25) is 4.90 Å². The van der Waals surface area contributed by atoms with Gasteiger partial charge in [-0.05, 0) is 44.5 Å². The molecule has 29 heavy (non-hydrogen) atoms. The van der Waals surface area contributed by atoms with Gasteiger partial charge in [0.05, 0.1) is 11.6 Å². The summed E-state index contributed by atoms with van der Waals surface area (Å²) < 4.78 is 5.65. The van der Waals surface area contributed by atoms with Crippen LogP contribution in [0.5, 0.6) is 0 Å². The van der Waals surface area contributed by atoms with Crippen LogP contribution in [0, 0.1) is 6.92 Å². The van der Waals surface area contributed by atoms with Gasteiger partial charge in [-0.1, -0.05) is 52.7 Å². The molecule has 6 nitrogen and oxygen atoms in total. The van der Waals surface area contributed by atoms with Gasteiger partial charge in [0.15, 0.2) is 0 Å². The Morgan fingerprint density at radius 2 is 1.97 bits per heavy atom. The van der Waals surface area contributed by atoms with Gasteiger partial charge in [0, 0.05) is 22.8 Å². The number of aryl methyl sites for hydroxylation is 1. The summed E-state index contributed by atoms with van der Waals surface area (Å²) in [6, 6.07) is 14.7. The lowest BCUT2D eigenvalue weighted by molar-refractivity contribution is 0.207. The van der Waals surface area contributed by atoms with Crippen LogP contribution in [0.15, 0.2) is 58.8 Å². The number of rotatable bonds is 4. The normalized spacial score (nSPS) is 16.9. The molecule has 1 unspecified atom stereocenters. The van der Waals surface area contributed by atoms with E-state index < -0.39 is 6.04 Å². The smallest absolute Gasteiger partial charge is 0.322 e. The van der Waals surface area contributed by atoms with Crippen molar-refractivity contribution in [1.29, 1.82) is 0 Å². The van der Waals surface area contributed by atoms with Gasteiger partial charge in [-0.2, -0.15) is 4.98 Å². The lowest BCUT2D eigenvalue weighted by Gasteiger charge is -2.34. The van der Waals surface area contributed by atoms with Gasteiger partial charge in [0.1, 0.15) is 0 Å². The monoisotopic (exact) mass is 408 g/mol. The summed E-state index contributed by atoms with van der Waals surface area (Å²) in [7, 11) is 0. The standard InChI is InChI=1S/C22H21ClN4O2/c1-4-27-14(3)18(19(24-22(27)28)15-8-6-10-17(23)12-15)21-25-20(26-29-21)16-9-5-7-13(2)11-16/h5-12,19H,4H2,1-3H3,(H,24,28). The number of hydrogen-bond donors (Lipinski definition) is 1. The third-order valence-corrected chi connectivity index (χ3v) is 5.26. The van der Waals surface area contributed by atoms with Crippen molar-refractivity contribution >= 4 is 23.2 Å². The van der Waals surface area contributed by atoms with Gasteiger partial charge in [0.2, 0.25) is 5.82 Å². The highest BCUT2D eigenvalue weighted by Crippen LogP contribution is 2.37. The lowest BCUT2D eigenvalue weighted by atomic mass is 9.94. The molecule has 2 aromatic carbocycles. The molecule has 1 aliphatic heterocycles. The van der Waals surface area contributed by atoms with E-state index in [4.69, 9.17) is 16.1 Å². The van der Waals surface area contributed by atoms with E-state index in [9.17, 15) is 4.79 Å². The second-order valence-corrected chi connectivity index (χ2v) is 7.41. The molecule has 4 rings (SSSR count). The maximum absolute atomic E-state index is 12.6. The minimum atomic E-state index is -0.435. The predicted molar refractivity (Wildman–Crippen MR) is 112 cm³/mol. The van der Waals surface area contributed by atoms with Crippen LogP contribution in [-0.4, -0.2) is 27.6 Å². The first kappa shape index (κ1) is 19.2. The Bertz CT molecular complexity index is 1110. The Hall–Kier alpha value is -3.12. The molecule has 2 heterocycles. The Morgan fingerprint density at radius 3 is 2.69 bits per heavy atom. The first-order valence-electron chi connectivity index (χ1n) is 9.43. The van der Waals surface area contributed by atoms with E-state index in [2.05, 4.69) is 15.5 Å². The molecule has 0 radical (unpaired) electrons. The van der Waals surface area contributed by atoms with Crippen LogP contribution in [0.1, 0.15) is 36.9 Å². The number of aromatic nitrogens is 2. The zero-order chi connectivity index (χ0) is 20.5. The van der Waals surface area contributed by atoms with Crippen LogP contribution >= 0.6 is 11.6 Å². The molecule has 0 spiro atoms. The van der Waals surface area contributed by atoms with E-state index >= 15 is 0 Å². The highest BCUT2D eigenvalue weighted by Gasteiger charge is 2.35. The number of amides is 2. The average molecular weight is 409 g/mol. The highest BCUT2D eigenvalue weighted by atomic mass is 35.5. The molecule has 1 aromatic heterocycles. The first-order chi connectivity index (χ1) is 14.0. The van der Waals surface area contributed by atoms with Gasteiger partial charge >= 0.3 is 6.03 Å². The molecule has 2 amide bonds. The highest BCUT2D eigenvalue weighted by molar-refractivity contribution is 6.30. The molecule has 0 fully saturated rings. The SMILES string of the molecule is CCN1C(=O)NC(c2cccc(Cl)c2)C(c2nc(-c3cccc(C)c3)no2)=C1C. The van der Waals surface area contributed by atoms with Crippen molar-refractivity contribution < 1.29 is 9.32 Å². The molecule has 1 N–H and O–H groups in total. The fraction of sp³-hybridized carbons (Fsp3) is 0.227. The van der Waals surface area contributed by atoms with Crippen LogP contribution in [-0.2, 0) is 0 Å². The molecule has 7 heteroatoms. The summed E-state index contributed by atoms with van der Waals surface area (Å²) in [4.78, 5) is 18.9. The second-order valence-electron chi connectivity index (χ2n) is 6.97. The fourth-order valence-electron chi connectivity index (χ4n) is 3.61. The molecule has 0 saturated carbocycles. The van der Waals surface area contributed by atoms with Crippen molar-refractivity contribution in [1.82, 2.24) is 20.4 Å². The number of nitrogens with zero attached hydrogens (tertiary/aromatic N) is 3. The molecule has 1 atom stereocenters. The molecular weight excluding hydrogens is 388 g/mol. The zero-order valence-electron chi connectivity index (χ0n) is 16.4. The molecule has 148 valence electrons. The summed E-state index contributed by atoms with van der Waals surface area (Å²) in [5, 5.41) is 7.81. The van der Waals surface area contributed by atoms with Crippen LogP contribution in [0.2, 0.25) is 5.02 Å². The van der Waals surface area contributed by atoms with Gasteiger partial charge in [0.25, 0.3) is 5.89 Å². The number of benzene rings is 2. The van der Waals surface area contributed by atoms with Crippen molar-refractivity contribution in [3.05, 3.63) is 76.3 Å². The molecule has 3 aromatic rings. The Balaban J connectivity index is 1.83. The third-order valence-electron chi connectivity index (χ3n) is 5.03. The molecule has 1 aliphatic rings. The van der Waals surface area contributed by atoms with Crippen LogP contribution in [0.3, 0.4) is 0 Å². The zero-order valence-corrected chi connectivity index (χ0v) is 17.2. The van der Waals surface area contributed by atoms with Crippen molar-refractivity contribution in [2.75, 3.05) is 6.54 Å². The molecule has 0 saturated heterocycles. The summed E-state index contributed by atoms with van der Waals surface area (Å²) in [5.41, 5.74) is 4.39. The van der Waals surface area contributed by atoms with Crippen molar-refractivity contribution in [2.24, 2.45) is 0 Å². The summed E-state index contributed by atoms with van der Waals surface area (Å²) in [5.74, 6) is 0.885. The predicted octanol–water partition coefficient (Wildman–Crippen LogP) is 5.22. The van der Waals surface area contributed by atoms with E-state index in [0.29, 0.717) is 23.3 Å². The summed E-state index contributed by atoms with van der Waals surface area (Å²) in [6.07, 6.45) is 0. The molecule has 0 aliphatic carbocycles. The fourth-order valence-corrected chi connectivity index (χ4v) is 3.81. The third kappa shape index (κ3) is 3.63. The quantitative estimate of drug-likeness (QED) is 0.642. The number of hydrogen-bond acceptors (Lipinski definition) is 4. The topological polar surface area (TPSA) is 71.3 Å². The largest absolute Gasteiger partial charge is 0.334 e. The number of halogens is 1. The van der Waals surface area contributed by atoms with Crippen molar-refractivity contribution in [3.8, 4) is 11.4 Å². The van der Waals surface area contributed by atoms with Gasteiger partial charge in [-0.25, -0.2) is 4.79 Å². The maximum Gasteiger partial charge on any atom is 0.322 e. The van der Waals surface area contributed by atoms with E-state index in [-0.39, 0.29) is 6.03 Å². The van der Waals surface area contributed by atoms with Crippen molar-refractivity contribution in [2.45, 2.75) is 26.8 Å². The maximum atomic E-state index is 12.6. The number of urea groups is 1. The van der Waals surface area contributed by atoms with Crippen LogP contribution < -0.4 is 5.32 Å². The summed E-state index contributed by atoms with van der Waals surface area (Å²) >= 11 is 6.19. The lowest BCUT2D eigenvalue weighted by Crippen LogP contribution is -2.45. The van der Waals surface area contributed by atoms with Crippen LogP contribution in [0.25, 0.3) is 17.0 Å². The van der Waals surface area contributed by atoms with Gasteiger partial charge in [-0.15, -0.1) is 0 Å². The van der Waals surface area contributed by atoms with E-state index in [1.807, 2.05) is 63.2 Å². The minimum absolute atomic E-state index is 0.169. The Labute approximate surface area is 174 Å². The molecular formula is C22H21ClN4O2. The van der Waals surface area contributed by atoms with Crippen LogP contribution in [0.4, 0.5) is 4.79 Å². The molecule has 0 bridgehead atoms. The second kappa shape index (κ2) is 7.72. The van der Waals surface area contributed by atoms with Crippen molar-refractivity contribution in [3.63, 3.8) is 0 Å². The number of nitrogens with one attached hydrogen (secondary N) is 1. The minimum Gasteiger partial charge on any atom is -0.334 e. The Morgan fingerprint density at radius 1 is 1.17 bits per heavy atom. The number of carbonyl (C=O) groups is 1. The number of allylic oxidation sites excluding steroid dienone is 1. The van der Waals surface area contributed by atoms with E-state index in [0.717, 1.165) is 28.0 Å². The summed E-state index contributed by atoms with van der Waals surface area (Å²) in [6.45, 7) is 6.36. The first-order valence-corrected chi connectivity index (χ1v) is 9.81.